The van der Waals surface area contributed by atoms with E-state index in [1.165, 1.54) is 0 Å². The lowest BCUT2D eigenvalue weighted by Crippen LogP contribution is -2.35. The molecule has 3 heteroatoms. The number of hydrogen-bond acceptors (Lipinski definition) is 3. The van der Waals surface area contributed by atoms with Gasteiger partial charge in [-0.3, -0.25) is 0 Å². The maximum Gasteiger partial charge on any atom is 0.100 e. The van der Waals surface area contributed by atoms with Crippen LogP contribution in [0.5, 0.6) is 0 Å². The molecule has 0 heterocycles. The van der Waals surface area contributed by atoms with Crippen LogP contribution < -0.4 is 5.32 Å². The summed E-state index contributed by atoms with van der Waals surface area (Å²) < 4.78 is 0. The van der Waals surface area contributed by atoms with Crippen LogP contribution in [0, 0.1) is 11.3 Å². The lowest BCUT2D eigenvalue weighted by Gasteiger charge is -2.20. The van der Waals surface area contributed by atoms with Crippen molar-refractivity contribution in [3.63, 3.8) is 0 Å². The molecular weight excluding hydrogens is 276 g/mol. The SMILES string of the molecule is CC(C)(C)NCc1ccc(Sc2ccccc2)c(C#N)c1. The van der Waals surface area contributed by atoms with E-state index in [0.29, 0.717) is 0 Å². The highest BCUT2D eigenvalue weighted by Crippen LogP contribution is 2.30. The normalized spacial score (nSPS) is 11.1. The van der Waals surface area contributed by atoms with E-state index < -0.39 is 0 Å². The fourth-order valence-corrected chi connectivity index (χ4v) is 2.74. The molecule has 0 fully saturated rings. The Morgan fingerprint density at radius 3 is 2.43 bits per heavy atom. The van der Waals surface area contributed by atoms with Crippen LogP contribution >= 0.6 is 11.8 Å². The zero-order valence-corrected chi connectivity index (χ0v) is 13.5. The van der Waals surface area contributed by atoms with Crippen molar-refractivity contribution in [2.24, 2.45) is 0 Å². The zero-order chi connectivity index (χ0) is 15.3. The second kappa shape index (κ2) is 6.80. The number of rotatable bonds is 4. The highest BCUT2D eigenvalue weighted by molar-refractivity contribution is 7.99. The third kappa shape index (κ3) is 4.93. The van der Waals surface area contributed by atoms with Gasteiger partial charge < -0.3 is 5.32 Å². The molecule has 0 saturated heterocycles. The van der Waals surface area contributed by atoms with Crippen molar-refractivity contribution in [2.75, 3.05) is 0 Å². The molecule has 0 aromatic heterocycles. The van der Waals surface area contributed by atoms with Crippen LogP contribution in [0.25, 0.3) is 0 Å². The third-order valence-electron chi connectivity index (χ3n) is 2.96. The first-order valence-corrected chi connectivity index (χ1v) is 7.80. The summed E-state index contributed by atoms with van der Waals surface area (Å²) >= 11 is 1.63. The smallest absolute Gasteiger partial charge is 0.100 e. The Hall–Kier alpha value is -1.76. The summed E-state index contributed by atoms with van der Waals surface area (Å²) in [5.41, 5.74) is 1.94. The fourth-order valence-electron chi connectivity index (χ4n) is 1.85. The first kappa shape index (κ1) is 15.6. The van der Waals surface area contributed by atoms with Gasteiger partial charge in [0.25, 0.3) is 0 Å². The maximum absolute atomic E-state index is 9.37. The molecule has 0 bridgehead atoms. The fraction of sp³-hybridized carbons (Fsp3) is 0.278. The summed E-state index contributed by atoms with van der Waals surface area (Å²) in [6.07, 6.45) is 0. The van der Waals surface area contributed by atoms with Gasteiger partial charge in [-0.05, 0) is 50.6 Å². The maximum atomic E-state index is 9.37. The highest BCUT2D eigenvalue weighted by Gasteiger charge is 2.10. The quantitative estimate of drug-likeness (QED) is 0.896. The van der Waals surface area contributed by atoms with Crippen LogP contribution in [-0.4, -0.2) is 5.54 Å². The summed E-state index contributed by atoms with van der Waals surface area (Å²) in [5, 5.41) is 12.8. The molecule has 0 atom stereocenters. The number of nitrogens with one attached hydrogen (secondary N) is 1. The van der Waals surface area contributed by atoms with E-state index in [0.717, 1.165) is 27.5 Å². The molecule has 108 valence electrons. The molecule has 2 aromatic carbocycles. The molecule has 0 radical (unpaired) electrons. The number of nitrogens with zero attached hydrogens (tertiary/aromatic N) is 1. The van der Waals surface area contributed by atoms with E-state index in [-0.39, 0.29) is 5.54 Å². The van der Waals surface area contributed by atoms with Crippen LogP contribution in [0.15, 0.2) is 58.3 Å². The molecule has 0 aliphatic heterocycles. The van der Waals surface area contributed by atoms with Crippen molar-refractivity contribution in [1.29, 1.82) is 5.26 Å². The van der Waals surface area contributed by atoms with Gasteiger partial charge in [0.05, 0.1) is 5.56 Å². The molecular formula is C18H20N2S. The van der Waals surface area contributed by atoms with Gasteiger partial charge in [0.2, 0.25) is 0 Å². The van der Waals surface area contributed by atoms with E-state index in [9.17, 15) is 5.26 Å². The van der Waals surface area contributed by atoms with Crippen LogP contribution in [0.1, 0.15) is 31.9 Å². The van der Waals surface area contributed by atoms with Crippen molar-refractivity contribution in [3.8, 4) is 6.07 Å². The molecule has 0 amide bonds. The summed E-state index contributed by atoms with van der Waals surface area (Å²) in [6.45, 7) is 7.18. The lowest BCUT2D eigenvalue weighted by atomic mass is 10.1. The zero-order valence-electron chi connectivity index (χ0n) is 12.7. The minimum atomic E-state index is 0.0737. The highest BCUT2D eigenvalue weighted by atomic mass is 32.2. The van der Waals surface area contributed by atoms with Crippen LogP contribution in [0.2, 0.25) is 0 Å². The van der Waals surface area contributed by atoms with E-state index in [1.807, 2.05) is 30.3 Å². The van der Waals surface area contributed by atoms with Gasteiger partial charge in [-0.25, -0.2) is 0 Å². The van der Waals surface area contributed by atoms with Gasteiger partial charge in [-0.1, -0.05) is 36.0 Å². The minimum Gasteiger partial charge on any atom is -0.308 e. The number of benzene rings is 2. The van der Waals surface area contributed by atoms with Crippen molar-refractivity contribution in [3.05, 3.63) is 59.7 Å². The molecule has 0 saturated carbocycles. The summed E-state index contributed by atoms with van der Waals surface area (Å²) in [5.74, 6) is 0. The molecule has 2 rings (SSSR count). The second-order valence-electron chi connectivity index (χ2n) is 5.96. The Morgan fingerprint density at radius 1 is 1.10 bits per heavy atom. The van der Waals surface area contributed by atoms with E-state index in [1.54, 1.807) is 11.8 Å². The van der Waals surface area contributed by atoms with Gasteiger partial charge in [-0.2, -0.15) is 5.26 Å². The first-order valence-electron chi connectivity index (χ1n) is 6.99. The Labute approximate surface area is 131 Å². The van der Waals surface area contributed by atoms with Crippen molar-refractivity contribution in [1.82, 2.24) is 5.32 Å². The van der Waals surface area contributed by atoms with Crippen molar-refractivity contribution < 1.29 is 0 Å². The topological polar surface area (TPSA) is 35.8 Å². The van der Waals surface area contributed by atoms with Gasteiger partial charge in [0.15, 0.2) is 0 Å². The Kier molecular flexibility index (Phi) is 5.06. The monoisotopic (exact) mass is 296 g/mol. The summed E-state index contributed by atoms with van der Waals surface area (Å²) in [7, 11) is 0. The summed E-state index contributed by atoms with van der Waals surface area (Å²) in [6, 6.07) is 18.5. The van der Waals surface area contributed by atoms with Gasteiger partial charge in [-0.15, -0.1) is 0 Å². The largest absolute Gasteiger partial charge is 0.308 e. The average molecular weight is 296 g/mol. The molecule has 0 aliphatic rings. The predicted molar refractivity (Wildman–Crippen MR) is 88.3 cm³/mol. The third-order valence-corrected chi connectivity index (χ3v) is 4.04. The Balaban J connectivity index is 2.15. The molecule has 0 aliphatic carbocycles. The molecule has 0 unspecified atom stereocenters. The summed E-state index contributed by atoms with van der Waals surface area (Å²) in [4.78, 5) is 2.15. The lowest BCUT2D eigenvalue weighted by molar-refractivity contribution is 0.424. The standard InChI is InChI=1S/C18H20N2S/c1-18(2,3)20-13-14-9-10-17(15(11-14)12-19)21-16-7-5-4-6-8-16/h4-11,20H,13H2,1-3H3. The van der Waals surface area contributed by atoms with Gasteiger partial charge >= 0.3 is 0 Å². The minimum absolute atomic E-state index is 0.0737. The second-order valence-corrected chi connectivity index (χ2v) is 7.08. The molecule has 0 spiro atoms. The van der Waals surface area contributed by atoms with E-state index >= 15 is 0 Å². The first-order chi connectivity index (χ1) is 9.98. The Bertz CT molecular complexity index is 637. The molecule has 21 heavy (non-hydrogen) atoms. The van der Waals surface area contributed by atoms with Crippen molar-refractivity contribution in [2.45, 2.75) is 42.6 Å². The number of nitriles is 1. The molecule has 2 aromatic rings. The van der Waals surface area contributed by atoms with Crippen LogP contribution in [0.4, 0.5) is 0 Å². The van der Waals surface area contributed by atoms with Crippen molar-refractivity contribution >= 4 is 11.8 Å². The predicted octanol–water partition coefficient (Wildman–Crippen LogP) is 4.60. The average Bonchev–Trinajstić information content (AvgIpc) is 2.46. The molecule has 1 N–H and O–H groups in total. The van der Waals surface area contributed by atoms with Gasteiger partial charge in [0, 0.05) is 21.9 Å². The Morgan fingerprint density at radius 2 is 1.81 bits per heavy atom. The van der Waals surface area contributed by atoms with Gasteiger partial charge in [0.1, 0.15) is 6.07 Å². The number of hydrogen-bond donors (Lipinski definition) is 1. The molecule has 2 nitrogen and oxygen atoms in total. The van der Waals surface area contributed by atoms with E-state index in [2.05, 4.69) is 50.4 Å². The van der Waals surface area contributed by atoms with Crippen LogP contribution in [-0.2, 0) is 6.54 Å². The van der Waals surface area contributed by atoms with E-state index in [4.69, 9.17) is 0 Å². The van der Waals surface area contributed by atoms with Crippen LogP contribution in [0.3, 0.4) is 0 Å².